The molecule has 1 atom stereocenters. The van der Waals surface area contributed by atoms with Gasteiger partial charge in [0.2, 0.25) is 0 Å². The number of anilines is 2. The van der Waals surface area contributed by atoms with Crippen LogP contribution in [0.3, 0.4) is 0 Å². The molecule has 2 aliphatic rings. The van der Waals surface area contributed by atoms with Crippen molar-refractivity contribution < 1.29 is 23.1 Å². The number of amides is 2. The molecule has 4 rings (SSSR count). The third-order valence-corrected chi connectivity index (χ3v) is 5.66. The minimum atomic E-state index is -0.995. The number of aryl methyl sites for hydroxylation is 2. The molecule has 2 aliphatic heterocycles. The number of hydrogen-bond acceptors (Lipinski definition) is 5. The van der Waals surface area contributed by atoms with E-state index in [1.54, 1.807) is 13.1 Å². The quantitative estimate of drug-likeness (QED) is 0.748. The lowest BCUT2D eigenvalue weighted by atomic mass is 10.1. The van der Waals surface area contributed by atoms with Crippen molar-refractivity contribution in [2.45, 2.75) is 26.8 Å². The minimum Gasteiger partial charge on any atom is -0.447 e. The Morgan fingerprint density at radius 2 is 1.74 bits per heavy atom. The highest BCUT2D eigenvalue weighted by atomic mass is 19.1. The molecule has 0 aliphatic carbocycles. The van der Waals surface area contributed by atoms with E-state index in [2.05, 4.69) is 9.88 Å². The van der Waals surface area contributed by atoms with Gasteiger partial charge in [0, 0.05) is 32.4 Å². The van der Waals surface area contributed by atoms with E-state index in [0.29, 0.717) is 26.2 Å². The summed E-state index contributed by atoms with van der Waals surface area (Å²) in [6.07, 6.45) is 1.13. The van der Waals surface area contributed by atoms with Crippen LogP contribution in [0.2, 0.25) is 0 Å². The lowest BCUT2D eigenvalue weighted by molar-refractivity contribution is 0.0736. The largest absolute Gasteiger partial charge is 0.447 e. The Labute approximate surface area is 179 Å². The van der Waals surface area contributed by atoms with Crippen LogP contribution in [-0.4, -0.2) is 60.7 Å². The van der Waals surface area contributed by atoms with Crippen molar-refractivity contribution in [2.24, 2.45) is 0 Å². The average Bonchev–Trinajstić information content (AvgIpc) is 3.05. The molecule has 0 radical (unpaired) electrons. The summed E-state index contributed by atoms with van der Waals surface area (Å²) in [5.74, 6) is -1.84. The zero-order chi connectivity index (χ0) is 22.3. The monoisotopic (exact) mass is 430 g/mol. The van der Waals surface area contributed by atoms with E-state index >= 15 is 0 Å². The van der Waals surface area contributed by atoms with Crippen molar-refractivity contribution in [1.29, 1.82) is 0 Å². The summed E-state index contributed by atoms with van der Waals surface area (Å²) >= 11 is 0. The smallest absolute Gasteiger partial charge is 0.414 e. The number of carbonyl (C=O) groups is 2. The maximum Gasteiger partial charge on any atom is 0.414 e. The molecular weight excluding hydrogens is 406 g/mol. The Bertz CT molecular complexity index is 1010. The summed E-state index contributed by atoms with van der Waals surface area (Å²) < 4.78 is 34.4. The molecule has 2 aromatic rings. The van der Waals surface area contributed by atoms with E-state index in [1.165, 1.54) is 9.80 Å². The van der Waals surface area contributed by atoms with E-state index in [9.17, 15) is 18.4 Å². The van der Waals surface area contributed by atoms with Gasteiger partial charge in [-0.15, -0.1) is 0 Å². The first-order chi connectivity index (χ1) is 14.8. The van der Waals surface area contributed by atoms with Gasteiger partial charge in [0.05, 0.1) is 11.7 Å². The van der Waals surface area contributed by atoms with E-state index in [0.717, 1.165) is 29.1 Å². The molecule has 0 spiro atoms. The van der Waals surface area contributed by atoms with Crippen LogP contribution in [0, 0.1) is 25.5 Å². The molecule has 1 aromatic carbocycles. The summed E-state index contributed by atoms with van der Waals surface area (Å²) in [6.45, 7) is 7.49. The van der Waals surface area contributed by atoms with Crippen molar-refractivity contribution in [2.75, 3.05) is 42.6 Å². The molecular formula is C22H24F2N4O3. The van der Waals surface area contributed by atoms with Gasteiger partial charge >= 0.3 is 6.09 Å². The SMILES string of the molecule is Cc1cnc(N2CCN(C(=O)c3c(F)cc(N4C(=O)OC[C@H]4C)cc3F)CC2)c(C)c1. The van der Waals surface area contributed by atoms with Crippen LogP contribution in [-0.2, 0) is 4.74 Å². The number of halogens is 2. The minimum absolute atomic E-state index is 0.0345. The van der Waals surface area contributed by atoms with Gasteiger partial charge in [-0.3, -0.25) is 9.69 Å². The topological polar surface area (TPSA) is 66.0 Å². The fourth-order valence-electron chi connectivity index (χ4n) is 4.10. The zero-order valence-electron chi connectivity index (χ0n) is 17.7. The standard InChI is InChI=1S/C22H24F2N4O3/c1-13-8-14(2)20(25-11-13)26-4-6-27(7-5-26)21(29)19-17(23)9-16(10-18(19)24)28-15(3)12-31-22(28)30/h8-11,15H,4-7,12H2,1-3H3/t15-/m1/s1. The third-order valence-electron chi connectivity index (χ3n) is 5.66. The molecule has 3 heterocycles. The van der Waals surface area contributed by atoms with Crippen molar-refractivity contribution in [3.63, 3.8) is 0 Å². The van der Waals surface area contributed by atoms with Gasteiger partial charge in [0.25, 0.3) is 5.91 Å². The molecule has 2 saturated heterocycles. The number of piperazine rings is 1. The number of ether oxygens (including phenoxy) is 1. The highest BCUT2D eigenvalue weighted by Crippen LogP contribution is 2.28. The summed E-state index contributed by atoms with van der Waals surface area (Å²) in [7, 11) is 0. The predicted octanol–water partition coefficient (Wildman–Crippen LogP) is 3.28. The fourth-order valence-corrected chi connectivity index (χ4v) is 4.10. The first kappa shape index (κ1) is 21.0. The molecule has 31 heavy (non-hydrogen) atoms. The number of benzene rings is 1. The molecule has 2 amide bonds. The average molecular weight is 430 g/mol. The normalized spacial score (nSPS) is 19.1. The van der Waals surface area contributed by atoms with Crippen LogP contribution in [0.5, 0.6) is 0 Å². The van der Waals surface area contributed by atoms with Crippen LogP contribution in [0.4, 0.5) is 25.1 Å². The molecule has 9 heteroatoms. The lowest BCUT2D eigenvalue weighted by Crippen LogP contribution is -2.49. The van der Waals surface area contributed by atoms with Crippen molar-refractivity contribution in [3.8, 4) is 0 Å². The van der Waals surface area contributed by atoms with Crippen LogP contribution >= 0.6 is 0 Å². The number of aromatic nitrogens is 1. The van der Waals surface area contributed by atoms with E-state index in [1.807, 2.05) is 19.9 Å². The second kappa shape index (κ2) is 8.13. The molecule has 0 saturated carbocycles. The van der Waals surface area contributed by atoms with Gasteiger partial charge < -0.3 is 14.5 Å². The first-order valence-electron chi connectivity index (χ1n) is 10.2. The number of pyridine rings is 1. The Hall–Kier alpha value is -3.23. The number of nitrogens with zero attached hydrogens (tertiary/aromatic N) is 4. The Morgan fingerprint density at radius 3 is 2.29 bits per heavy atom. The Balaban J connectivity index is 1.49. The lowest BCUT2D eigenvalue weighted by Gasteiger charge is -2.36. The molecule has 0 unspecified atom stereocenters. The van der Waals surface area contributed by atoms with E-state index in [4.69, 9.17) is 4.74 Å². The van der Waals surface area contributed by atoms with Gasteiger partial charge in [-0.2, -0.15) is 0 Å². The number of carbonyl (C=O) groups excluding carboxylic acids is 2. The summed E-state index contributed by atoms with van der Waals surface area (Å²) in [5, 5.41) is 0. The summed E-state index contributed by atoms with van der Waals surface area (Å²) in [6, 6.07) is 3.72. The van der Waals surface area contributed by atoms with Crippen LogP contribution in [0.15, 0.2) is 24.4 Å². The van der Waals surface area contributed by atoms with Gasteiger partial charge in [0.15, 0.2) is 0 Å². The van der Waals surface area contributed by atoms with Crippen molar-refractivity contribution >= 4 is 23.5 Å². The molecule has 0 N–H and O–H groups in total. The third kappa shape index (κ3) is 3.92. The van der Waals surface area contributed by atoms with E-state index < -0.39 is 29.2 Å². The molecule has 1 aromatic heterocycles. The van der Waals surface area contributed by atoms with Gasteiger partial charge in [-0.1, -0.05) is 6.07 Å². The second-order valence-corrected chi connectivity index (χ2v) is 8.01. The van der Waals surface area contributed by atoms with E-state index in [-0.39, 0.29) is 18.3 Å². The molecule has 7 nitrogen and oxygen atoms in total. The second-order valence-electron chi connectivity index (χ2n) is 8.01. The highest BCUT2D eigenvalue weighted by Gasteiger charge is 2.34. The predicted molar refractivity (Wildman–Crippen MR) is 111 cm³/mol. The maximum absolute atomic E-state index is 14.8. The molecule has 164 valence electrons. The van der Waals surface area contributed by atoms with Crippen LogP contribution in [0.25, 0.3) is 0 Å². The van der Waals surface area contributed by atoms with Gasteiger partial charge in [-0.05, 0) is 44.0 Å². The first-order valence-corrected chi connectivity index (χ1v) is 10.2. The highest BCUT2D eigenvalue weighted by molar-refractivity contribution is 5.96. The summed E-state index contributed by atoms with van der Waals surface area (Å²) in [5.41, 5.74) is 1.54. The van der Waals surface area contributed by atoms with Crippen molar-refractivity contribution in [3.05, 3.63) is 52.7 Å². The Kier molecular flexibility index (Phi) is 5.51. The number of rotatable bonds is 3. The van der Waals surface area contributed by atoms with Gasteiger partial charge in [0.1, 0.15) is 29.6 Å². The molecule has 0 bridgehead atoms. The molecule has 2 fully saturated rings. The van der Waals surface area contributed by atoms with Gasteiger partial charge in [-0.25, -0.2) is 18.6 Å². The zero-order valence-corrected chi connectivity index (χ0v) is 17.7. The fraction of sp³-hybridized carbons (Fsp3) is 0.409. The Morgan fingerprint density at radius 1 is 1.10 bits per heavy atom. The van der Waals surface area contributed by atoms with Crippen molar-refractivity contribution in [1.82, 2.24) is 9.88 Å². The maximum atomic E-state index is 14.8. The summed E-state index contributed by atoms with van der Waals surface area (Å²) in [4.78, 5) is 33.9. The van der Waals surface area contributed by atoms with Crippen LogP contribution < -0.4 is 9.80 Å². The van der Waals surface area contributed by atoms with Crippen LogP contribution in [0.1, 0.15) is 28.4 Å². The number of cyclic esters (lactones) is 1. The number of hydrogen-bond donors (Lipinski definition) is 0.